The third kappa shape index (κ3) is 4.76. The van der Waals surface area contributed by atoms with Crippen molar-refractivity contribution in [3.63, 3.8) is 0 Å². The molecule has 0 N–H and O–H groups in total. The molecule has 0 aromatic heterocycles. The summed E-state index contributed by atoms with van der Waals surface area (Å²) in [4.78, 5) is 0. The Kier molecular flexibility index (Phi) is 8.50. The molecule has 0 saturated heterocycles. The van der Waals surface area contributed by atoms with Gasteiger partial charge in [-0.1, -0.05) is 113 Å². The van der Waals surface area contributed by atoms with Crippen molar-refractivity contribution in [2.75, 3.05) is 0 Å². The second-order valence-corrected chi connectivity index (χ2v) is 9.22. The number of allylic oxidation sites excluding steroid dienone is 13. The predicted molar refractivity (Wildman–Crippen MR) is 148 cm³/mol. The third-order valence-electron chi connectivity index (χ3n) is 7.34. The molecule has 33 heavy (non-hydrogen) atoms. The molecule has 2 aliphatic rings. The van der Waals surface area contributed by atoms with Crippen molar-refractivity contribution in [1.29, 1.82) is 0 Å². The molecular weight excluding hydrogens is 396 g/mol. The van der Waals surface area contributed by atoms with Gasteiger partial charge in [0.1, 0.15) is 0 Å². The summed E-state index contributed by atoms with van der Waals surface area (Å²) in [5.74, 6) is 0. The molecule has 0 heterocycles. The number of hydrogen-bond donors (Lipinski definition) is 0. The van der Waals surface area contributed by atoms with Crippen molar-refractivity contribution >= 4 is 11.1 Å². The van der Waals surface area contributed by atoms with E-state index in [0.29, 0.717) is 0 Å². The molecule has 172 valence electrons. The summed E-state index contributed by atoms with van der Waals surface area (Å²) in [6, 6.07) is 4.99. The Bertz CT molecular complexity index is 1050. The highest BCUT2D eigenvalue weighted by atomic mass is 14.5. The van der Waals surface area contributed by atoms with Crippen LogP contribution < -0.4 is 0 Å². The van der Waals surface area contributed by atoms with E-state index < -0.39 is 0 Å². The van der Waals surface area contributed by atoms with E-state index in [9.17, 15) is 0 Å². The number of fused-ring (bicyclic) bond motifs is 2. The molecule has 0 radical (unpaired) electrons. The molecule has 0 bridgehead atoms. The monoisotopic (exact) mass is 436 g/mol. The van der Waals surface area contributed by atoms with Gasteiger partial charge in [0.15, 0.2) is 0 Å². The Morgan fingerprint density at radius 3 is 2.27 bits per heavy atom. The SMILES string of the molecule is C=C/C=C/C=C1\C(=C\C=C)C2(CCCCCC2)c2cc(C(/C=C\C)=C(\C)C=C)c(CC)cc21. The Morgan fingerprint density at radius 2 is 1.70 bits per heavy atom. The van der Waals surface area contributed by atoms with Gasteiger partial charge >= 0.3 is 0 Å². The quantitative estimate of drug-likeness (QED) is 0.373. The fourth-order valence-corrected chi connectivity index (χ4v) is 5.71. The first-order chi connectivity index (χ1) is 16.1. The summed E-state index contributed by atoms with van der Waals surface area (Å²) >= 11 is 0. The Balaban J connectivity index is 2.41. The predicted octanol–water partition coefficient (Wildman–Crippen LogP) is 9.63. The lowest BCUT2D eigenvalue weighted by Gasteiger charge is -2.32. The van der Waals surface area contributed by atoms with Gasteiger partial charge < -0.3 is 0 Å². The minimum absolute atomic E-state index is 0.0675. The van der Waals surface area contributed by atoms with Gasteiger partial charge in [0.25, 0.3) is 0 Å². The molecule has 0 heteroatoms. The molecule has 1 aromatic rings. The minimum Gasteiger partial charge on any atom is -0.0991 e. The van der Waals surface area contributed by atoms with Gasteiger partial charge in [-0.2, -0.15) is 0 Å². The lowest BCUT2D eigenvalue weighted by atomic mass is 9.71. The summed E-state index contributed by atoms with van der Waals surface area (Å²) in [5, 5.41) is 0. The van der Waals surface area contributed by atoms with Crippen LogP contribution in [-0.2, 0) is 11.8 Å². The number of benzene rings is 1. The van der Waals surface area contributed by atoms with Crippen LogP contribution in [0, 0.1) is 0 Å². The summed E-state index contributed by atoms with van der Waals surface area (Å²) in [6.45, 7) is 18.5. The highest BCUT2D eigenvalue weighted by molar-refractivity contribution is 5.93. The van der Waals surface area contributed by atoms with Crippen LogP contribution >= 0.6 is 0 Å². The van der Waals surface area contributed by atoms with Crippen LogP contribution in [-0.4, -0.2) is 0 Å². The maximum Gasteiger partial charge on any atom is 0.0215 e. The average Bonchev–Trinajstić information content (AvgIpc) is 2.97. The summed E-state index contributed by atoms with van der Waals surface area (Å²) in [6.07, 6.45) is 27.5. The van der Waals surface area contributed by atoms with Crippen LogP contribution in [0.15, 0.2) is 97.7 Å². The molecule has 1 fully saturated rings. The van der Waals surface area contributed by atoms with Crippen LogP contribution in [0.3, 0.4) is 0 Å². The molecule has 0 aliphatic heterocycles. The zero-order valence-electron chi connectivity index (χ0n) is 20.9. The molecule has 0 amide bonds. The Labute approximate surface area is 202 Å². The van der Waals surface area contributed by atoms with Crippen LogP contribution in [0.25, 0.3) is 11.1 Å². The molecule has 1 aromatic carbocycles. The van der Waals surface area contributed by atoms with E-state index in [0.717, 1.165) is 6.42 Å². The van der Waals surface area contributed by atoms with Crippen molar-refractivity contribution in [3.05, 3.63) is 120 Å². The Morgan fingerprint density at radius 1 is 0.970 bits per heavy atom. The second-order valence-electron chi connectivity index (χ2n) is 9.22. The van der Waals surface area contributed by atoms with Crippen LogP contribution in [0.4, 0.5) is 0 Å². The van der Waals surface area contributed by atoms with Crippen molar-refractivity contribution < 1.29 is 0 Å². The van der Waals surface area contributed by atoms with Gasteiger partial charge in [-0.3, -0.25) is 0 Å². The normalized spacial score (nSPS) is 20.9. The molecule has 3 rings (SSSR count). The van der Waals surface area contributed by atoms with Crippen molar-refractivity contribution in [2.24, 2.45) is 0 Å². The zero-order chi connectivity index (χ0) is 23.8. The van der Waals surface area contributed by atoms with Gasteiger partial charge in [-0.05, 0) is 83.7 Å². The first kappa shape index (κ1) is 24.8. The van der Waals surface area contributed by atoms with E-state index >= 15 is 0 Å². The molecule has 0 nitrogen and oxygen atoms in total. The first-order valence-corrected chi connectivity index (χ1v) is 12.5. The second kappa shape index (κ2) is 11.3. The number of aryl methyl sites for hydroxylation is 1. The van der Waals surface area contributed by atoms with Crippen molar-refractivity contribution in [3.8, 4) is 0 Å². The lowest BCUT2D eigenvalue weighted by molar-refractivity contribution is 0.456. The minimum atomic E-state index is 0.0675. The fraction of sp³-hybridized carbons (Fsp3) is 0.333. The molecule has 0 unspecified atom stereocenters. The largest absolute Gasteiger partial charge is 0.0991 e. The zero-order valence-corrected chi connectivity index (χ0v) is 20.9. The first-order valence-electron chi connectivity index (χ1n) is 12.5. The van der Waals surface area contributed by atoms with Crippen molar-refractivity contribution in [2.45, 2.75) is 71.1 Å². The van der Waals surface area contributed by atoms with Gasteiger partial charge in [0.05, 0.1) is 0 Å². The van der Waals surface area contributed by atoms with Gasteiger partial charge in [0, 0.05) is 5.41 Å². The van der Waals surface area contributed by atoms with E-state index in [4.69, 9.17) is 0 Å². The van der Waals surface area contributed by atoms with E-state index in [-0.39, 0.29) is 5.41 Å². The molecule has 2 aliphatic carbocycles. The summed E-state index contributed by atoms with van der Waals surface area (Å²) in [5.41, 5.74) is 11.0. The molecular formula is C33H40. The highest BCUT2D eigenvalue weighted by Crippen LogP contribution is 2.57. The van der Waals surface area contributed by atoms with E-state index in [2.05, 4.69) is 83.0 Å². The Hall–Kier alpha value is -2.86. The van der Waals surface area contributed by atoms with Gasteiger partial charge in [-0.25, -0.2) is 0 Å². The fourth-order valence-electron chi connectivity index (χ4n) is 5.71. The highest BCUT2D eigenvalue weighted by Gasteiger charge is 2.45. The smallest absolute Gasteiger partial charge is 0.0215 e. The molecule has 1 spiro atoms. The maximum atomic E-state index is 4.09. The van der Waals surface area contributed by atoms with E-state index in [1.165, 1.54) is 83.1 Å². The average molecular weight is 437 g/mol. The summed E-state index contributed by atoms with van der Waals surface area (Å²) in [7, 11) is 0. The topological polar surface area (TPSA) is 0 Å². The van der Waals surface area contributed by atoms with Crippen LogP contribution in [0.5, 0.6) is 0 Å². The van der Waals surface area contributed by atoms with E-state index in [1.54, 1.807) is 0 Å². The van der Waals surface area contributed by atoms with Crippen LogP contribution in [0.2, 0.25) is 0 Å². The maximum absolute atomic E-state index is 4.09. The van der Waals surface area contributed by atoms with Crippen LogP contribution in [0.1, 0.15) is 81.5 Å². The molecule has 0 atom stereocenters. The van der Waals surface area contributed by atoms with E-state index in [1.807, 2.05) is 24.3 Å². The van der Waals surface area contributed by atoms with Crippen molar-refractivity contribution in [1.82, 2.24) is 0 Å². The number of hydrogen-bond acceptors (Lipinski definition) is 0. The van der Waals surface area contributed by atoms with Gasteiger partial charge in [0.2, 0.25) is 0 Å². The summed E-state index contributed by atoms with van der Waals surface area (Å²) < 4.78 is 0. The third-order valence-corrected chi connectivity index (χ3v) is 7.34. The standard InChI is InChI=1S/C33H40/c1-7-12-15-20-28-30-23-26(11-5)29(27(18-8-2)25(6)10-4)24-32(30)33(31(28)19-9-3)21-16-13-14-17-22-33/h7-10,12,15,18-20,23-24H,1,3-4,11,13-14,16-17,21-22H2,2,5-6H3/b15-12+,18-8-,27-25+,28-20-,31-19-. The number of rotatable bonds is 7. The molecule has 1 saturated carbocycles. The van der Waals surface area contributed by atoms with Gasteiger partial charge in [-0.15, -0.1) is 0 Å². The lowest BCUT2D eigenvalue weighted by Crippen LogP contribution is -2.24.